The van der Waals surface area contributed by atoms with Crippen molar-refractivity contribution in [2.75, 3.05) is 0 Å². The van der Waals surface area contributed by atoms with Crippen LogP contribution in [0.25, 0.3) is 0 Å². The largest absolute Gasteiger partial charge is 0.329 e. The number of aromatic nitrogens is 2. The average molecular weight is 279 g/mol. The highest BCUT2D eigenvalue weighted by molar-refractivity contribution is 6.30. The number of benzene rings is 1. The number of aromatic amines is 1. The van der Waals surface area contributed by atoms with Gasteiger partial charge in [0.2, 0.25) is 0 Å². The fraction of sp³-hybridized carbons (Fsp3) is 0.286. The Balaban J connectivity index is 2.40. The van der Waals surface area contributed by atoms with E-state index in [9.17, 15) is 9.59 Å². The Morgan fingerprint density at radius 3 is 2.53 bits per heavy atom. The van der Waals surface area contributed by atoms with Crippen LogP contribution in [0.4, 0.5) is 0 Å². The normalized spacial score (nSPS) is 12.4. The van der Waals surface area contributed by atoms with Crippen LogP contribution in [-0.4, -0.2) is 9.55 Å². The van der Waals surface area contributed by atoms with Gasteiger partial charge in [-0.25, -0.2) is 4.79 Å². The second kappa shape index (κ2) is 5.45. The van der Waals surface area contributed by atoms with Gasteiger partial charge >= 0.3 is 5.69 Å². The second-order valence-electron chi connectivity index (χ2n) is 4.58. The van der Waals surface area contributed by atoms with Crippen molar-refractivity contribution in [3.63, 3.8) is 0 Å². The lowest BCUT2D eigenvalue weighted by Crippen LogP contribution is -2.39. The quantitative estimate of drug-likeness (QED) is 0.876. The van der Waals surface area contributed by atoms with Crippen molar-refractivity contribution < 1.29 is 0 Å². The van der Waals surface area contributed by atoms with Gasteiger partial charge in [0.05, 0.1) is 0 Å². The molecule has 19 heavy (non-hydrogen) atoms. The van der Waals surface area contributed by atoms with E-state index in [-0.39, 0.29) is 16.8 Å². The molecule has 4 nitrogen and oxygen atoms in total. The third kappa shape index (κ3) is 2.79. The van der Waals surface area contributed by atoms with Gasteiger partial charge in [-0.15, -0.1) is 0 Å². The minimum absolute atomic E-state index is 0.109. The Labute approximate surface area is 115 Å². The van der Waals surface area contributed by atoms with E-state index in [1.54, 1.807) is 6.92 Å². The maximum Gasteiger partial charge on any atom is 0.329 e. The lowest BCUT2D eigenvalue weighted by molar-refractivity contribution is 0.498. The maximum absolute atomic E-state index is 12.1. The summed E-state index contributed by atoms with van der Waals surface area (Å²) >= 11 is 5.79. The van der Waals surface area contributed by atoms with Crippen molar-refractivity contribution in [2.45, 2.75) is 26.3 Å². The van der Waals surface area contributed by atoms with Crippen LogP contribution >= 0.6 is 11.6 Å². The van der Waals surface area contributed by atoms with Crippen LogP contribution in [0.3, 0.4) is 0 Å². The van der Waals surface area contributed by atoms with Crippen LogP contribution in [0.2, 0.25) is 5.15 Å². The minimum atomic E-state index is -0.468. The van der Waals surface area contributed by atoms with Crippen molar-refractivity contribution >= 4 is 11.6 Å². The number of H-pyrrole nitrogens is 1. The molecular formula is C14H15ClN2O2. The van der Waals surface area contributed by atoms with E-state index < -0.39 is 5.69 Å². The molecule has 0 amide bonds. The van der Waals surface area contributed by atoms with Gasteiger partial charge in [0.1, 0.15) is 5.15 Å². The summed E-state index contributed by atoms with van der Waals surface area (Å²) < 4.78 is 1.22. The molecule has 0 bridgehead atoms. The number of hydrogen-bond donors (Lipinski definition) is 1. The molecule has 0 radical (unpaired) electrons. The fourth-order valence-corrected chi connectivity index (χ4v) is 2.22. The van der Waals surface area contributed by atoms with Crippen molar-refractivity contribution in [3.8, 4) is 0 Å². The highest BCUT2D eigenvalue weighted by Crippen LogP contribution is 2.11. The number of nitrogens with zero attached hydrogens (tertiary/aromatic N) is 1. The molecule has 1 heterocycles. The first-order valence-corrected chi connectivity index (χ1v) is 6.43. The highest BCUT2D eigenvalue weighted by atomic mass is 35.5. The van der Waals surface area contributed by atoms with E-state index in [0.717, 1.165) is 5.56 Å². The van der Waals surface area contributed by atoms with Gasteiger partial charge in [0.15, 0.2) is 0 Å². The summed E-state index contributed by atoms with van der Waals surface area (Å²) in [6.45, 7) is 3.45. The topological polar surface area (TPSA) is 54.9 Å². The van der Waals surface area contributed by atoms with E-state index in [2.05, 4.69) is 4.98 Å². The lowest BCUT2D eigenvalue weighted by Gasteiger charge is -2.15. The van der Waals surface area contributed by atoms with Crippen LogP contribution in [0, 0.1) is 6.92 Å². The van der Waals surface area contributed by atoms with Crippen molar-refractivity contribution in [3.05, 3.63) is 67.4 Å². The molecule has 0 aliphatic heterocycles. The molecule has 1 N–H and O–H groups in total. The first-order chi connectivity index (χ1) is 9.00. The zero-order chi connectivity index (χ0) is 14.0. The van der Waals surface area contributed by atoms with E-state index in [1.165, 1.54) is 4.57 Å². The zero-order valence-electron chi connectivity index (χ0n) is 10.8. The second-order valence-corrected chi connectivity index (χ2v) is 4.96. The molecule has 5 heteroatoms. The summed E-state index contributed by atoms with van der Waals surface area (Å²) in [5.41, 5.74) is 0.635. The van der Waals surface area contributed by atoms with Crippen LogP contribution < -0.4 is 11.2 Å². The van der Waals surface area contributed by atoms with Crippen LogP contribution in [0.1, 0.15) is 24.1 Å². The molecule has 1 aromatic carbocycles. The monoisotopic (exact) mass is 278 g/mol. The average Bonchev–Trinajstić information content (AvgIpc) is 2.37. The number of nitrogens with one attached hydrogen (secondary N) is 1. The number of rotatable bonds is 3. The Morgan fingerprint density at radius 2 is 1.89 bits per heavy atom. The molecule has 0 saturated carbocycles. The summed E-state index contributed by atoms with van der Waals surface area (Å²) in [5, 5.41) is 0.109. The third-order valence-corrected chi connectivity index (χ3v) is 3.50. The fourth-order valence-electron chi connectivity index (χ4n) is 2.06. The van der Waals surface area contributed by atoms with Crippen LogP contribution in [0.15, 0.2) is 39.9 Å². The number of halogens is 1. The highest BCUT2D eigenvalue weighted by Gasteiger charge is 2.14. The van der Waals surface area contributed by atoms with E-state index in [4.69, 9.17) is 11.6 Å². The summed E-state index contributed by atoms with van der Waals surface area (Å²) in [5.74, 6) is 0. The Bertz CT molecular complexity index is 689. The standard InChI is InChI=1S/C14H15ClN2O2/c1-9(8-11-6-4-3-5-7-11)17-13(18)10(2)12(15)16-14(17)19/h3-7,9H,8H2,1-2H3,(H,16,19). The molecule has 0 aliphatic rings. The molecule has 0 spiro atoms. The molecular weight excluding hydrogens is 264 g/mol. The predicted molar refractivity (Wildman–Crippen MR) is 75.9 cm³/mol. The van der Waals surface area contributed by atoms with Gasteiger partial charge in [-0.05, 0) is 25.8 Å². The third-order valence-electron chi connectivity index (χ3n) is 3.12. The smallest absolute Gasteiger partial charge is 0.297 e. The molecule has 0 fully saturated rings. The van der Waals surface area contributed by atoms with Gasteiger partial charge in [-0.2, -0.15) is 0 Å². The Kier molecular flexibility index (Phi) is 3.90. The van der Waals surface area contributed by atoms with Crippen LogP contribution in [0.5, 0.6) is 0 Å². The van der Waals surface area contributed by atoms with Crippen molar-refractivity contribution in [1.29, 1.82) is 0 Å². The summed E-state index contributed by atoms with van der Waals surface area (Å²) in [4.78, 5) is 26.5. The van der Waals surface area contributed by atoms with Gasteiger partial charge in [-0.3, -0.25) is 14.3 Å². The molecule has 2 rings (SSSR count). The predicted octanol–water partition coefficient (Wildman–Crippen LogP) is 2.30. The van der Waals surface area contributed by atoms with E-state index in [0.29, 0.717) is 12.0 Å². The van der Waals surface area contributed by atoms with Crippen molar-refractivity contribution in [1.82, 2.24) is 9.55 Å². The SMILES string of the molecule is Cc1c(Cl)[nH]c(=O)n(C(C)Cc2ccccc2)c1=O. The van der Waals surface area contributed by atoms with E-state index in [1.807, 2.05) is 37.3 Å². The van der Waals surface area contributed by atoms with E-state index >= 15 is 0 Å². The summed E-state index contributed by atoms with van der Waals surface area (Å²) in [7, 11) is 0. The van der Waals surface area contributed by atoms with Gasteiger partial charge in [0.25, 0.3) is 5.56 Å². The summed E-state index contributed by atoms with van der Waals surface area (Å²) in [6, 6.07) is 9.51. The molecule has 1 atom stereocenters. The molecule has 0 aliphatic carbocycles. The van der Waals surface area contributed by atoms with Crippen LogP contribution in [-0.2, 0) is 6.42 Å². The molecule has 1 aromatic heterocycles. The number of hydrogen-bond acceptors (Lipinski definition) is 2. The van der Waals surface area contributed by atoms with Gasteiger partial charge in [-0.1, -0.05) is 41.9 Å². The lowest BCUT2D eigenvalue weighted by atomic mass is 10.1. The molecule has 0 saturated heterocycles. The zero-order valence-corrected chi connectivity index (χ0v) is 11.6. The first-order valence-electron chi connectivity index (χ1n) is 6.05. The molecule has 1 unspecified atom stereocenters. The Hall–Kier alpha value is -1.81. The summed E-state index contributed by atoms with van der Waals surface area (Å²) in [6.07, 6.45) is 0.616. The minimum Gasteiger partial charge on any atom is -0.297 e. The maximum atomic E-state index is 12.1. The molecule has 100 valence electrons. The van der Waals surface area contributed by atoms with Crippen molar-refractivity contribution in [2.24, 2.45) is 0 Å². The van der Waals surface area contributed by atoms with Gasteiger partial charge < -0.3 is 0 Å². The van der Waals surface area contributed by atoms with Gasteiger partial charge in [0, 0.05) is 11.6 Å². The molecule has 2 aromatic rings. The first kappa shape index (κ1) is 13.6. The Morgan fingerprint density at radius 1 is 1.26 bits per heavy atom.